The van der Waals surface area contributed by atoms with Crippen molar-refractivity contribution in [3.63, 3.8) is 0 Å². The van der Waals surface area contributed by atoms with Crippen LogP contribution < -0.4 is 0 Å². The standard InChI is InChI=1S/C9H10/c1-2-8-4-6-9(8,3-1)7-5-8/h4-7H,1-3H2. The molecule has 3 aliphatic rings. The summed E-state index contributed by atoms with van der Waals surface area (Å²) in [5.41, 5.74) is 1.18. The first-order valence-electron chi connectivity index (χ1n) is 3.78. The molecule has 1 saturated carbocycles. The largest absolute Gasteiger partial charge is 0.0765 e. The minimum Gasteiger partial charge on any atom is -0.0765 e. The fourth-order valence-electron chi connectivity index (χ4n) is 2.61. The van der Waals surface area contributed by atoms with Crippen molar-refractivity contribution in [2.75, 3.05) is 0 Å². The van der Waals surface area contributed by atoms with Gasteiger partial charge in [-0.25, -0.2) is 0 Å². The maximum atomic E-state index is 2.39. The lowest BCUT2D eigenvalue weighted by Crippen LogP contribution is -2.44. The summed E-state index contributed by atoms with van der Waals surface area (Å²) in [6.07, 6.45) is 13.8. The third-order valence-electron chi connectivity index (χ3n) is 3.40. The van der Waals surface area contributed by atoms with E-state index >= 15 is 0 Å². The molecule has 0 atom stereocenters. The van der Waals surface area contributed by atoms with Gasteiger partial charge in [-0.15, -0.1) is 0 Å². The van der Waals surface area contributed by atoms with Gasteiger partial charge in [-0.2, -0.15) is 0 Å². The molecule has 0 nitrogen and oxygen atoms in total. The zero-order valence-electron chi connectivity index (χ0n) is 5.43. The number of hydrogen-bond donors (Lipinski definition) is 0. The molecule has 0 unspecified atom stereocenters. The van der Waals surface area contributed by atoms with Gasteiger partial charge in [-0.3, -0.25) is 0 Å². The second kappa shape index (κ2) is 0.920. The van der Waals surface area contributed by atoms with Crippen molar-refractivity contribution >= 4 is 0 Å². The van der Waals surface area contributed by atoms with Gasteiger partial charge in [0.15, 0.2) is 0 Å². The van der Waals surface area contributed by atoms with E-state index in [9.17, 15) is 0 Å². The van der Waals surface area contributed by atoms with Crippen molar-refractivity contribution in [3.8, 4) is 0 Å². The summed E-state index contributed by atoms with van der Waals surface area (Å²) >= 11 is 0. The Kier molecular flexibility index (Phi) is 0.441. The molecular formula is C9H10. The Bertz CT molecular complexity index is 184. The van der Waals surface area contributed by atoms with Gasteiger partial charge in [-0.1, -0.05) is 30.7 Å². The predicted octanol–water partition coefficient (Wildman–Crippen LogP) is 2.28. The molecule has 0 heteroatoms. The first-order valence-corrected chi connectivity index (χ1v) is 3.78. The van der Waals surface area contributed by atoms with Crippen LogP contribution in [0.25, 0.3) is 0 Å². The van der Waals surface area contributed by atoms with Crippen LogP contribution in [0.2, 0.25) is 0 Å². The Labute approximate surface area is 55.3 Å². The molecule has 0 radical (unpaired) electrons. The minimum absolute atomic E-state index is 0.590. The van der Waals surface area contributed by atoms with E-state index in [1.807, 2.05) is 0 Å². The van der Waals surface area contributed by atoms with E-state index in [1.54, 1.807) is 0 Å². The third-order valence-corrected chi connectivity index (χ3v) is 3.40. The molecule has 1 fully saturated rings. The number of hydrogen-bond acceptors (Lipinski definition) is 0. The first-order chi connectivity index (χ1) is 4.37. The molecule has 0 aromatic rings. The predicted molar refractivity (Wildman–Crippen MR) is 37.0 cm³/mol. The van der Waals surface area contributed by atoms with Gasteiger partial charge < -0.3 is 0 Å². The molecule has 0 amide bonds. The zero-order valence-corrected chi connectivity index (χ0v) is 5.43. The maximum Gasteiger partial charge on any atom is 0.0188 e. The fraction of sp³-hybridized carbons (Fsp3) is 0.556. The average Bonchev–Trinajstić information content (AvgIpc) is 2.09. The third kappa shape index (κ3) is 0.242. The summed E-state index contributed by atoms with van der Waals surface area (Å²) in [5, 5.41) is 0. The van der Waals surface area contributed by atoms with E-state index in [0.29, 0.717) is 10.8 Å². The molecule has 0 aliphatic heterocycles. The first kappa shape index (κ1) is 4.32. The topological polar surface area (TPSA) is 0 Å². The van der Waals surface area contributed by atoms with E-state index in [0.717, 1.165) is 0 Å². The van der Waals surface area contributed by atoms with Crippen molar-refractivity contribution < 1.29 is 0 Å². The summed E-state index contributed by atoms with van der Waals surface area (Å²) in [6, 6.07) is 0. The van der Waals surface area contributed by atoms with Gasteiger partial charge in [0.05, 0.1) is 0 Å². The Hall–Kier alpha value is -0.520. The molecule has 0 saturated heterocycles. The molecule has 0 N–H and O–H groups in total. The molecule has 46 valence electrons. The molecule has 0 spiro atoms. The van der Waals surface area contributed by atoms with Crippen LogP contribution in [0.3, 0.4) is 0 Å². The van der Waals surface area contributed by atoms with E-state index in [-0.39, 0.29) is 0 Å². The highest BCUT2D eigenvalue weighted by Gasteiger charge is 2.59. The molecule has 9 heavy (non-hydrogen) atoms. The Morgan fingerprint density at radius 2 is 1.22 bits per heavy atom. The molecule has 3 rings (SSSR count). The average molecular weight is 118 g/mol. The van der Waals surface area contributed by atoms with Crippen molar-refractivity contribution in [2.45, 2.75) is 19.3 Å². The summed E-state index contributed by atoms with van der Waals surface area (Å²) in [4.78, 5) is 0. The highest BCUT2D eigenvalue weighted by Crippen LogP contribution is 2.68. The summed E-state index contributed by atoms with van der Waals surface area (Å²) < 4.78 is 0. The van der Waals surface area contributed by atoms with Crippen LogP contribution >= 0.6 is 0 Å². The van der Waals surface area contributed by atoms with E-state index in [4.69, 9.17) is 0 Å². The minimum atomic E-state index is 0.590. The van der Waals surface area contributed by atoms with Crippen molar-refractivity contribution in [3.05, 3.63) is 24.3 Å². The Morgan fingerprint density at radius 3 is 1.44 bits per heavy atom. The summed E-state index contributed by atoms with van der Waals surface area (Å²) in [7, 11) is 0. The van der Waals surface area contributed by atoms with Gasteiger partial charge in [0, 0.05) is 10.8 Å². The molecule has 0 heterocycles. The van der Waals surface area contributed by atoms with Crippen LogP contribution in [0.1, 0.15) is 19.3 Å². The van der Waals surface area contributed by atoms with Crippen LogP contribution in [0.5, 0.6) is 0 Å². The van der Waals surface area contributed by atoms with Gasteiger partial charge >= 0.3 is 0 Å². The normalized spacial score (nSPS) is 57.8. The molecule has 0 aromatic heterocycles. The second-order valence-corrected chi connectivity index (χ2v) is 3.60. The fourth-order valence-corrected chi connectivity index (χ4v) is 2.61. The van der Waals surface area contributed by atoms with E-state index < -0.39 is 0 Å². The van der Waals surface area contributed by atoms with Gasteiger partial charge in [0.1, 0.15) is 0 Å². The van der Waals surface area contributed by atoms with Crippen molar-refractivity contribution in [1.82, 2.24) is 0 Å². The molecule has 3 aliphatic carbocycles. The summed E-state index contributed by atoms with van der Waals surface area (Å²) in [5.74, 6) is 0. The summed E-state index contributed by atoms with van der Waals surface area (Å²) in [6.45, 7) is 0. The lowest BCUT2D eigenvalue weighted by atomic mass is 9.50. The van der Waals surface area contributed by atoms with E-state index in [1.165, 1.54) is 19.3 Å². The quantitative estimate of drug-likeness (QED) is 0.428. The van der Waals surface area contributed by atoms with Crippen LogP contribution in [-0.2, 0) is 0 Å². The lowest BCUT2D eigenvalue weighted by Gasteiger charge is -2.53. The Balaban J connectivity index is 2.24. The smallest absolute Gasteiger partial charge is 0.0188 e. The molecule has 0 aromatic carbocycles. The molecular weight excluding hydrogens is 108 g/mol. The maximum absolute atomic E-state index is 2.39. The number of allylic oxidation sites excluding steroid dienone is 4. The second-order valence-electron chi connectivity index (χ2n) is 3.60. The van der Waals surface area contributed by atoms with Crippen LogP contribution in [0, 0.1) is 10.8 Å². The van der Waals surface area contributed by atoms with Crippen LogP contribution in [0.4, 0.5) is 0 Å². The SMILES string of the molecule is C1=CC23C=CC12CCC3. The number of rotatable bonds is 0. The molecule has 0 bridgehead atoms. The van der Waals surface area contributed by atoms with Crippen LogP contribution in [-0.4, -0.2) is 0 Å². The van der Waals surface area contributed by atoms with Gasteiger partial charge in [0.2, 0.25) is 0 Å². The van der Waals surface area contributed by atoms with Crippen molar-refractivity contribution in [1.29, 1.82) is 0 Å². The zero-order chi connectivity index (χ0) is 5.95. The van der Waals surface area contributed by atoms with Gasteiger partial charge in [-0.05, 0) is 12.8 Å². The lowest BCUT2D eigenvalue weighted by molar-refractivity contribution is 0.223. The van der Waals surface area contributed by atoms with E-state index in [2.05, 4.69) is 24.3 Å². The highest BCUT2D eigenvalue weighted by molar-refractivity contribution is 5.47. The Morgan fingerprint density at radius 1 is 0.778 bits per heavy atom. The van der Waals surface area contributed by atoms with Crippen molar-refractivity contribution in [2.24, 2.45) is 10.8 Å². The highest BCUT2D eigenvalue weighted by atomic mass is 14.6. The monoisotopic (exact) mass is 118 g/mol. The van der Waals surface area contributed by atoms with Gasteiger partial charge in [0.25, 0.3) is 0 Å². The van der Waals surface area contributed by atoms with Crippen LogP contribution in [0.15, 0.2) is 24.3 Å².